The number of rotatable bonds is 2. The topological polar surface area (TPSA) is 30.2 Å². The Bertz CT molecular complexity index is 1060. The predicted octanol–water partition coefficient (Wildman–Crippen LogP) is 5.10. The second-order valence-electron chi connectivity index (χ2n) is 5.26. The average molecular weight is 308 g/mol. The molecule has 0 radical (unpaired) electrons. The first-order chi connectivity index (χ1) is 11.1. The summed E-state index contributed by atoms with van der Waals surface area (Å²) in [6, 6.07) is 15.8. The minimum Gasteiger partial charge on any atom is -0.453 e. The molecule has 0 bridgehead atoms. The highest BCUT2D eigenvalue weighted by Gasteiger charge is 2.19. The van der Waals surface area contributed by atoms with Gasteiger partial charge < -0.3 is 4.42 Å². The van der Waals surface area contributed by atoms with E-state index in [1.807, 2.05) is 30.3 Å². The molecule has 0 aliphatic carbocycles. The molecule has 0 unspecified atom stereocenters. The van der Waals surface area contributed by atoms with Crippen LogP contribution in [-0.4, -0.2) is 5.78 Å². The summed E-state index contributed by atoms with van der Waals surface area (Å²) in [5.74, 6) is -2.21. The van der Waals surface area contributed by atoms with Crippen molar-refractivity contribution < 1.29 is 18.0 Å². The Morgan fingerprint density at radius 3 is 2.52 bits per heavy atom. The summed E-state index contributed by atoms with van der Waals surface area (Å²) in [5.41, 5.74) is 0.337. The molecule has 23 heavy (non-hydrogen) atoms. The van der Waals surface area contributed by atoms with Crippen molar-refractivity contribution in [3.05, 3.63) is 83.6 Å². The van der Waals surface area contributed by atoms with Crippen LogP contribution in [0.1, 0.15) is 16.1 Å². The number of halogens is 2. The first-order valence-corrected chi connectivity index (χ1v) is 7.04. The van der Waals surface area contributed by atoms with Crippen molar-refractivity contribution in [3.8, 4) is 0 Å². The van der Waals surface area contributed by atoms with Gasteiger partial charge in [0.05, 0.1) is 5.56 Å². The van der Waals surface area contributed by atoms with Gasteiger partial charge in [-0.25, -0.2) is 8.78 Å². The van der Waals surface area contributed by atoms with Gasteiger partial charge in [0.2, 0.25) is 5.78 Å². The second kappa shape index (κ2) is 5.02. The quantitative estimate of drug-likeness (QED) is 0.482. The molecule has 0 N–H and O–H groups in total. The lowest BCUT2D eigenvalue weighted by molar-refractivity contribution is 0.101. The summed E-state index contributed by atoms with van der Waals surface area (Å²) in [6.45, 7) is 0. The van der Waals surface area contributed by atoms with E-state index in [2.05, 4.69) is 0 Å². The molecule has 3 aromatic carbocycles. The zero-order chi connectivity index (χ0) is 16.0. The fourth-order valence-electron chi connectivity index (χ4n) is 2.71. The largest absolute Gasteiger partial charge is 0.453 e. The fraction of sp³-hybridized carbons (Fsp3) is 0. The summed E-state index contributed by atoms with van der Waals surface area (Å²) in [4.78, 5) is 12.4. The van der Waals surface area contributed by atoms with Gasteiger partial charge >= 0.3 is 0 Å². The van der Waals surface area contributed by atoms with Gasteiger partial charge in [-0.15, -0.1) is 0 Å². The van der Waals surface area contributed by atoms with E-state index in [0.29, 0.717) is 11.6 Å². The first-order valence-electron chi connectivity index (χ1n) is 7.04. The van der Waals surface area contributed by atoms with Gasteiger partial charge in [-0.2, -0.15) is 0 Å². The number of carbonyl (C=O) groups excluding carboxylic acids is 1. The highest BCUT2D eigenvalue weighted by atomic mass is 19.1. The van der Waals surface area contributed by atoms with Crippen LogP contribution in [-0.2, 0) is 0 Å². The maximum absolute atomic E-state index is 13.8. The van der Waals surface area contributed by atoms with Crippen LogP contribution in [0.5, 0.6) is 0 Å². The predicted molar refractivity (Wildman–Crippen MR) is 83.5 cm³/mol. The molecule has 4 heteroatoms. The number of fused-ring (bicyclic) bond motifs is 3. The molecule has 0 saturated carbocycles. The number of ketones is 1. The summed E-state index contributed by atoms with van der Waals surface area (Å²) in [6.07, 6.45) is 0. The number of furan rings is 1. The van der Waals surface area contributed by atoms with Gasteiger partial charge in [0.25, 0.3) is 0 Å². The van der Waals surface area contributed by atoms with Gasteiger partial charge in [0, 0.05) is 11.5 Å². The van der Waals surface area contributed by atoms with E-state index >= 15 is 0 Å². The maximum atomic E-state index is 13.8. The number of hydrogen-bond donors (Lipinski definition) is 0. The zero-order valence-electron chi connectivity index (χ0n) is 11.8. The molecule has 4 aromatic rings. The third kappa shape index (κ3) is 2.19. The van der Waals surface area contributed by atoms with Crippen molar-refractivity contribution in [2.75, 3.05) is 0 Å². The van der Waals surface area contributed by atoms with Crippen molar-refractivity contribution in [1.29, 1.82) is 0 Å². The third-order valence-electron chi connectivity index (χ3n) is 3.83. The first kappa shape index (κ1) is 13.6. The normalized spacial score (nSPS) is 11.2. The Morgan fingerprint density at radius 2 is 1.70 bits per heavy atom. The Balaban J connectivity index is 1.89. The molecule has 0 fully saturated rings. The molecule has 112 valence electrons. The van der Waals surface area contributed by atoms with Crippen LogP contribution < -0.4 is 0 Å². The molecule has 0 spiro atoms. The van der Waals surface area contributed by atoms with E-state index in [-0.39, 0.29) is 11.3 Å². The van der Waals surface area contributed by atoms with Crippen molar-refractivity contribution in [3.63, 3.8) is 0 Å². The van der Waals surface area contributed by atoms with Crippen LogP contribution >= 0.6 is 0 Å². The van der Waals surface area contributed by atoms with Crippen molar-refractivity contribution >= 4 is 27.5 Å². The van der Waals surface area contributed by atoms with Gasteiger partial charge in [-0.05, 0) is 35.0 Å². The number of carbonyl (C=O) groups is 1. The highest BCUT2D eigenvalue weighted by Crippen LogP contribution is 2.29. The minimum absolute atomic E-state index is 0.0295. The average Bonchev–Trinajstić information content (AvgIpc) is 2.99. The Hall–Kier alpha value is -3.01. The second-order valence-corrected chi connectivity index (χ2v) is 5.26. The van der Waals surface area contributed by atoms with Gasteiger partial charge in [-0.1, -0.05) is 30.3 Å². The summed E-state index contributed by atoms with van der Waals surface area (Å²) >= 11 is 0. The molecule has 0 aliphatic rings. The molecule has 0 aliphatic heterocycles. The SMILES string of the molecule is O=C(c1cc2c(ccc3ccccc32)o1)c1ccc(F)cc1F. The van der Waals surface area contributed by atoms with E-state index in [1.165, 1.54) is 0 Å². The Labute approximate surface area is 130 Å². The Morgan fingerprint density at radius 1 is 0.870 bits per heavy atom. The van der Waals surface area contributed by atoms with Crippen LogP contribution in [0.3, 0.4) is 0 Å². The van der Waals surface area contributed by atoms with Crippen LogP contribution in [0.15, 0.2) is 65.1 Å². The Kier molecular flexibility index (Phi) is 2.98. The lowest BCUT2D eigenvalue weighted by Crippen LogP contribution is -2.03. The van der Waals surface area contributed by atoms with E-state index in [9.17, 15) is 13.6 Å². The van der Waals surface area contributed by atoms with Crippen molar-refractivity contribution in [2.45, 2.75) is 0 Å². The van der Waals surface area contributed by atoms with Crippen LogP contribution in [0.4, 0.5) is 8.78 Å². The molecule has 0 atom stereocenters. The summed E-state index contributed by atoms with van der Waals surface area (Å²) < 4.78 is 32.3. The van der Waals surface area contributed by atoms with Crippen LogP contribution in [0.25, 0.3) is 21.7 Å². The van der Waals surface area contributed by atoms with E-state index in [1.54, 1.807) is 12.1 Å². The smallest absolute Gasteiger partial charge is 0.231 e. The van der Waals surface area contributed by atoms with Gasteiger partial charge in [0.1, 0.15) is 17.2 Å². The molecular weight excluding hydrogens is 298 g/mol. The maximum Gasteiger partial charge on any atom is 0.231 e. The molecule has 4 rings (SSSR count). The van der Waals surface area contributed by atoms with E-state index in [0.717, 1.165) is 28.3 Å². The third-order valence-corrected chi connectivity index (χ3v) is 3.83. The zero-order valence-corrected chi connectivity index (χ0v) is 11.8. The molecular formula is C19H10F2O2. The standard InChI is InChI=1S/C19H10F2O2/c20-12-6-7-14(16(21)9-12)19(22)18-10-15-13-4-2-1-3-11(13)5-8-17(15)23-18/h1-10H. The number of hydrogen-bond acceptors (Lipinski definition) is 2. The minimum atomic E-state index is -0.902. The van der Waals surface area contributed by atoms with Gasteiger partial charge in [-0.3, -0.25) is 4.79 Å². The monoisotopic (exact) mass is 308 g/mol. The fourth-order valence-corrected chi connectivity index (χ4v) is 2.71. The van der Waals surface area contributed by atoms with Crippen LogP contribution in [0, 0.1) is 11.6 Å². The molecule has 1 aromatic heterocycles. The van der Waals surface area contributed by atoms with Gasteiger partial charge in [0.15, 0.2) is 5.76 Å². The lowest BCUT2D eigenvalue weighted by atomic mass is 10.1. The van der Waals surface area contributed by atoms with Crippen molar-refractivity contribution in [2.24, 2.45) is 0 Å². The summed E-state index contributed by atoms with van der Waals surface area (Å²) in [7, 11) is 0. The summed E-state index contributed by atoms with van der Waals surface area (Å²) in [5, 5.41) is 2.76. The van der Waals surface area contributed by atoms with Crippen LogP contribution in [0.2, 0.25) is 0 Å². The van der Waals surface area contributed by atoms with E-state index in [4.69, 9.17) is 4.42 Å². The van der Waals surface area contributed by atoms with Crippen molar-refractivity contribution in [1.82, 2.24) is 0 Å². The highest BCUT2D eigenvalue weighted by molar-refractivity contribution is 6.13. The molecule has 2 nitrogen and oxygen atoms in total. The molecule has 0 saturated heterocycles. The van der Waals surface area contributed by atoms with E-state index < -0.39 is 17.4 Å². The molecule has 1 heterocycles. The lowest BCUT2D eigenvalue weighted by Gasteiger charge is -1.99. The number of benzene rings is 3. The molecule has 0 amide bonds.